The Bertz CT molecular complexity index is 479. The van der Waals surface area contributed by atoms with E-state index in [0.29, 0.717) is 11.5 Å². The minimum atomic E-state index is -0.128. The van der Waals surface area contributed by atoms with Crippen LogP contribution < -0.4 is 12.5 Å². The molecule has 0 bridgehead atoms. The average molecular weight is 513 g/mol. The predicted octanol–water partition coefficient (Wildman–Crippen LogP) is 0.883. The molecule has 0 aliphatic heterocycles. The second-order valence-electron chi connectivity index (χ2n) is 4.43. The van der Waals surface area contributed by atoms with Crippen molar-refractivity contribution in [3.05, 3.63) is 48.5 Å². The molecule has 0 fully saturated rings. The Balaban J connectivity index is 1.52. The van der Waals surface area contributed by atoms with E-state index in [1.165, 1.54) is 16.2 Å². The van der Waals surface area contributed by atoms with Crippen molar-refractivity contribution < 1.29 is 10.2 Å². The number of rotatable bonds is 8. The fourth-order valence-corrected chi connectivity index (χ4v) is 6.32. The summed E-state index contributed by atoms with van der Waals surface area (Å²) in [5.41, 5.74) is 0. The number of phenolic OH excluding ortho intramolecular Hbond substituents is 2. The third kappa shape index (κ3) is 6.92. The van der Waals surface area contributed by atoms with Gasteiger partial charge in [0.05, 0.1) is 0 Å². The van der Waals surface area contributed by atoms with E-state index in [1.54, 1.807) is 24.3 Å². The maximum absolute atomic E-state index is 9.23. The summed E-state index contributed by atoms with van der Waals surface area (Å²) in [5, 5.41) is 22.0. The Morgan fingerprint density at radius 3 is 1.43 bits per heavy atom. The van der Waals surface area contributed by atoms with Crippen molar-refractivity contribution >= 4 is 49.1 Å². The Morgan fingerprint density at radius 1 is 0.667 bits per heavy atom. The summed E-state index contributed by atoms with van der Waals surface area (Å²) in [6, 6.07) is 15.2. The monoisotopic (exact) mass is 517 g/mol. The van der Waals surface area contributed by atoms with Gasteiger partial charge in [-0.2, -0.15) is 0 Å². The Labute approximate surface area is 145 Å². The molecule has 112 valence electrons. The third-order valence-electron chi connectivity index (χ3n) is 2.77. The van der Waals surface area contributed by atoms with Gasteiger partial charge >= 0.3 is 147 Å². The molecule has 0 heterocycles. The molecular formula is C16H19NO2Te2. The van der Waals surface area contributed by atoms with Gasteiger partial charge in [-0.25, -0.2) is 0 Å². The van der Waals surface area contributed by atoms with Crippen LogP contribution in [0.25, 0.3) is 0 Å². The molecule has 21 heavy (non-hydrogen) atoms. The van der Waals surface area contributed by atoms with Gasteiger partial charge in [0.1, 0.15) is 0 Å². The zero-order valence-corrected chi connectivity index (χ0v) is 16.3. The van der Waals surface area contributed by atoms with Crippen LogP contribution in [0.1, 0.15) is 0 Å². The van der Waals surface area contributed by atoms with Crippen LogP contribution in [0, 0.1) is 0 Å². The second kappa shape index (κ2) is 9.57. The third-order valence-corrected chi connectivity index (χ3v) is 8.56. The van der Waals surface area contributed by atoms with E-state index >= 15 is 0 Å². The van der Waals surface area contributed by atoms with Crippen molar-refractivity contribution in [2.45, 2.75) is 8.94 Å². The topological polar surface area (TPSA) is 52.5 Å². The van der Waals surface area contributed by atoms with Gasteiger partial charge < -0.3 is 0 Å². The number of nitrogens with one attached hydrogen (secondary N) is 1. The average Bonchev–Trinajstić information content (AvgIpc) is 2.50. The molecule has 0 aliphatic carbocycles. The summed E-state index contributed by atoms with van der Waals surface area (Å²) in [7, 11) is 0. The van der Waals surface area contributed by atoms with Gasteiger partial charge in [0.2, 0.25) is 0 Å². The summed E-state index contributed by atoms with van der Waals surface area (Å²) in [4.78, 5) is 0. The van der Waals surface area contributed by atoms with Crippen molar-refractivity contribution in [2.75, 3.05) is 13.1 Å². The number of phenols is 2. The van der Waals surface area contributed by atoms with Gasteiger partial charge in [-0.05, 0) is 0 Å². The molecule has 0 atom stereocenters. The molecular weight excluding hydrogens is 493 g/mol. The van der Waals surface area contributed by atoms with E-state index in [2.05, 4.69) is 5.32 Å². The standard InChI is InChI=1S/C16H19NO2Te2/c18-13-1-5-15(6-2-13)20-11-9-17-10-12-21-16-7-3-14(19)4-8-16/h1-8,17-19H,9-12H2. The van der Waals surface area contributed by atoms with E-state index in [9.17, 15) is 10.2 Å². The zero-order valence-electron chi connectivity index (χ0n) is 11.7. The SMILES string of the molecule is Oc1ccc([Te]CCNCC[Te]c2ccc(O)cc2)cc1. The fraction of sp³-hybridized carbons (Fsp3) is 0.250. The van der Waals surface area contributed by atoms with Gasteiger partial charge in [-0.3, -0.25) is 0 Å². The van der Waals surface area contributed by atoms with Crippen LogP contribution in [0.3, 0.4) is 0 Å². The first-order chi connectivity index (χ1) is 10.2. The van der Waals surface area contributed by atoms with E-state index in [4.69, 9.17) is 0 Å². The van der Waals surface area contributed by atoms with Crippen molar-refractivity contribution in [3.63, 3.8) is 0 Å². The number of hydrogen-bond acceptors (Lipinski definition) is 3. The fourth-order valence-electron chi connectivity index (χ4n) is 1.69. The molecule has 2 aromatic rings. The molecule has 5 heteroatoms. The van der Waals surface area contributed by atoms with Crippen LogP contribution in [0.2, 0.25) is 8.94 Å². The van der Waals surface area contributed by atoms with Gasteiger partial charge in [-0.1, -0.05) is 0 Å². The normalized spacial score (nSPS) is 10.7. The molecule has 0 unspecified atom stereocenters. The minimum absolute atomic E-state index is 0.128. The van der Waals surface area contributed by atoms with Crippen LogP contribution in [-0.2, 0) is 0 Å². The first-order valence-corrected chi connectivity index (χ1v) is 12.4. The summed E-state index contributed by atoms with van der Waals surface area (Å²) in [6.07, 6.45) is 0. The van der Waals surface area contributed by atoms with Crippen molar-refractivity contribution in [2.24, 2.45) is 0 Å². The predicted molar refractivity (Wildman–Crippen MR) is 89.5 cm³/mol. The van der Waals surface area contributed by atoms with E-state index in [1.807, 2.05) is 24.3 Å². The van der Waals surface area contributed by atoms with Crippen LogP contribution >= 0.6 is 0 Å². The molecule has 0 aromatic heterocycles. The van der Waals surface area contributed by atoms with Gasteiger partial charge in [0.15, 0.2) is 0 Å². The van der Waals surface area contributed by atoms with E-state index < -0.39 is 0 Å². The molecule has 0 saturated carbocycles. The first kappa shape index (κ1) is 16.9. The van der Waals surface area contributed by atoms with Crippen LogP contribution in [0.15, 0.2) is 48.5 Å². The van der Waals surface area contributed by atoms with Crippen LogP contribution in [0.5, 0.6) is 11.5 Å². The summed E-state index contributed by atoms with van der Waals surface area (Å²) < 4.78 is 5.29. The Hall–Kier alpha value is -0.421. The van der Waals surface area contributed by atoms with Gasteiger partial charge in [0.25, 0.3) is 0 Å². The molecule has 0 amide bonds. The van der Waals surface area contributed by atoms with Crippen LogP contribution in [0.4, 0.5) is 0 Å². The molecule has 0 aliphatic rings. The molecule has 2 aromatic carbocycles. The number of aromatic hydroxyl groups is 2. The second-order valence-corrected chi connectivity index (χ2v) is 11.1. The maximum atomic E-state index is 9.23. The Morgan fingerprint density at radius 2 is 1.05 bits per heavy atom. The molecule has 3 nitrogen and oxygen atoms in total. The molecule has 3 N–H and O–H groups in total. The number of benzene rings is 2. The molecule has 0 saturated heterocycles. The van der Waals surface area contributed by atoms with E-state index in [0.717, 1.165) is 13.1 Å². The van der Waals surface area contributed by atoms with Crippen molar-refractivity contribution in [3.8, 4) is 11.5 Å². The zero-order chi connectivity index (χ0) is 14.9. The Kier molecular flexibility index (Phi) is 7.72. The molecule has 0 radical (unpaired) electrons. The quantitative estimate of drug-likeness (QED) is 0.364. The van der Waals surface area contributed by atoms with E-state index in [-0.39, 0.29) is 41.8 Å². The summed E-state index contributed by atoms with van der Waals surface area (Å²) in [5.74, 6) is 0.700. The van der Waals surface area contributed by atoms with Crippen LogP contribution in [-0.4, -0.2) is 65.1 Å². The summed E-state index contributed by atoms with van der Waals surface area (Å²) >= 11 is -0.255. The van der Waals surface area contributed by atoms with Gasteiger partial charge in [0, 0.05) is 0 Å². The molecule has 2 rings (SSSR count). The number of hydrogen-bond donors (Lipinski definition) is 3. The van der Waals surface area contributed by atoms with Gasteiger partial charge in [-0.15, -0.1) is 0 Å². The van der Waals surface area contributed by atoms with Crippen molar-refractivity contribution in [1.82, 2.24) is 5.32 Å². The van der Waals surface area contributed by atoms with Crippen molar-refractivity contribution in [1.29, 1.82) is 0 Å². The molecule has 0 spiro atoms. The first-order valence-electron chi connectivity index (χ1n) is 6.78. The summed E-state index contributed by atoms with van der Waals surface area (Å²) in [6.45, 7) is 2.18.